The molecule has 1 aliphatic rings. The van der Waals surface area contributed by atoms with Crippen LogP contribution in [0, 0.1) is 11.8 Å². The molecule has 2 aromatic rings. The highest BCUT2D eigenvalue weighted by Crippen LogP contribution is 2.48. The van der Waals surface area contributed by atoms with Crippen molar-refractivity contribution in [3.05, 3.63) is 70.3 Å². The normalized spacial score (nSPS) is 20.9. The Labute approximate surface area is 179 Å². The van der Waals surface area contributed by atoms with Crippen LogP contribution in [0.5, 0.6) is 0 Å². The van der Waals surface area contributed by atoms with Crippen LogP contribution in [-0.4, -0.2) is 22.2 Å². The van der Waals surface area contributed by atoms with Crippen molar-refractivity contribution in [2.75, 3.05) is 0 Å². The van der Waals surface area contributed by atoms with Crippen molar-refractivity contribution in [3.63, 3.8) is 0 Å². The maximum absolute atomic E-state index is 12.8. The lowest BCUT2D eigenvalue weighted by molar-refractivity contribution is -0.145. The summed E-state index contributed by atoms with van der Waals surface area (Å²) in [6.07, 6.45) is 2.36. The van der Waals surface area contributed by atoms with E-state index in [9.17, 15) is 19.8 Å². The summed E-state index contributed by atoms with van der Waals surface area (Å²) >= 11 is 0. The highest BCUT2D eigenvalue weighted by Gasteiger charge is 2.48. The molecule has 2 atom stereocenters. The summed E-state index contributed by atoms with van der Waals surface area (Å²) in [4.78, 5) is 24.7. The lowest BCUT2D eigenvalue weighted by Gasteiger charge is -2.39. The van der Waals surface area contributed by atoms with Crippen LogP contribution >= 0.6 is 0 Å². The van der Waals surface area contributed by atoms with Gasteiger partial charge in [-0.1, -0.05) is 70.2 Å². The zero-order valence-electron chi connectivity index (χ0n) is 18.3. The molecule has 0 amide bonds. The highest BCUT2D eigenvalue weighted by atomic mass is 16.4. The number of aliphatic carboxylic acids is 2. The summed E-state index contributed by atoms with van der Waals surface area (Å²) in [5.41, 5.74) is 3.02. The van der Waals surface area contributed by atoms with E-state index in [1.807, 2.05) is 42.5 Å². The second-order valence-corrected chi connectivity index (χ2v) is 9.45. The number of carbonyl (C=O) groups is 2. The minimum Gasteiger partial charge on any atom is -0.481 e. The molecule has 0 radical (unpaired) electrons. The van der Waals surface area contributed by atoms with Crippen LogP contribution in [0.4, 0.5) is 0 Å². The molecule has 4 nitrogen and oxygen atoms in total. The van der Waals surface area contributed by atoms with Gasteiger partial charge in [-0.25, -0.2) is 0 Å². The van der Waals surface area contributed by atoms with Crippen molar-refractivity contribution in [1.29, 1.82) is 0 Å². The van der Waals surface area contributed by atoms with E-state index in [1.165, 1.54) is 5.56 Å². The van der Waals surface area contributed by atoms with E-state index in [-0.39, 0.29) is 6.42 Å². The first kappa shape index (κ1) is 22.1. The van der Waals surface area contributed by atoms with E-state index in [0.29, 0.717) is 29.4 Å². The topological polar surface area (TPSA) is 74.6 Å². The third-order valence-electron chi connectivity index (χ3n) is 6.16. The minimum atomic E-state index is -1.22. The van der Waals surface area contributed by atoms with Crippen molar-refractivity contribution in [3.8, 4) is 0 Å². The number of benzene rings is 2. The first-order valence-corrected chi connectivity index (χ1v) is 10.8. The molecule has 0 aromatic heterocycles. The maximum Gasteiger partial charge on any atom is 0.318 e. The first-order chi connectivity index (χ1) is 14.1. The number of hydrogen-bond donors (Lipinski definition) is 2. The zero-order chi connectivity index (χ0) is 22.1. The van der Waals surface area contributed by atoms with Gasteiger partial charge >= 0.3 is 11.9 Å². The largest absolute Gasteiger partial charge is 0.481 e. The van der Waals surface area contributed by atoms with E-state index in [2.05, 4.69) is 27.7 Å². The summed E-state index contributed by atoms with van der Waals surface area (Å²) in [6.45, 7) is 8.56. The third-order valence-corrected chi connectivity index (χ3v) is 6.16. The summed E-state index contributed by atoms with van der Waals surface area (Å²) in [6, 6.07) is 13.6. The van der Waals surface area contributed by atoms with Gasteiger partial charge in [-0.3, -0.25) is 9.59 Å². The fourth-order valence-corrected chi connectivity index (χ4v) is 4.82. The van der Waals surface area contributed by atoms with Gasteiger partial charge in [-0.15, -0.1) is 0 Å². The molecule has 2 N–H and O–H groups in total. The van der Waals surface area contributed by atoms with Gasteiger partial charge in [-0.2, -0.15) is 0 Å². The molecular weight excluding hydrogens is 376 g/mol. The van der Waals surface area contributed by atoms with E-state index >= 15 is 0 Å². The van der Waals surface area contributed by atoms with Gasteiger partial charge < -0.3 is 10.2 Å². The number of hydrogen-bond acceptors (Lipinski definition) is 2. The van der Waals surface area contributed by atoms with Gasteiger partial charge in [0.1, 0.15) is 5.41 Å². The Bertz CT molecular complexity index is 927. The average molecular weight is 409 g/mol. The molecule has 0 aliphatic heterocycles. The van der Waals surface area contributed by atoms with Crippen molar-refractivity contribution >= 4 is 11.9 Å². The SMILES string of the molecule is CC(C)Cc1ccc([C@@]2(C(=O)O)CC[C@@H](C(=O)O)c3ccc(CC(C)C)cc32)cc1. The van der Waals surface area contributed by atoms with Crippen LogP contribution in [0.1, 0.15) is 74.3 Å². The fraction of sp³-hybridized carbons (Fsp3) is 0.462. The Morgan fingerprint density at radius 3 is 2.03 bits per heavy atom. The molecule has 0 unspecified atom stereocenters. The van der Waals surface area contributed by atoms with Gasteiger partial charge in [0, 0.05) is 0 Å². The van der Waals surface area contributed by atoms with Gasteiger partial charge in [0.15, 0.2) is 0 Å². The molecule has 3 rings (SSSR count). The van der Waals surface area contributed by atoms with E-state index in [1.54, 1.807) is 0 Å². The molecule has 0 saturated carbocycles. The van der Waals surface area contributed by atoms with Crippen LogP contribution in [0.15, 0.2) is 42.5 Å². The second kappa shape index (κ2) is 8.63. The summed E-state index contributed by atoms with van der Waals surface area (Å²) in [5.74, 6) is -1.52. The third kappa shape index (κ3) is 4.14. The Kier molecular flexibility index (Phi) is 6.35. The quantitative estimate of drug-likeness (QED) is 0.642. The summed E-state index contributed by atoms with van der Waals surface area (Å²) in [5, 5.41) is 20.2. The van der Waals surface area contributed by atoms with Crippen molar-refractivity contribution in [2.45, 2.75) is 64.7 Å². The highest BCUT2D eigenvalue weighted by molar-refractivity contribution is 5.89. The molecular formula is C26H32O4. The van der Waals surface area contributed by atoms with Gasteiger partial charge in [0.2, 0.25) is 0 Å². The lowest BCUT2D eigenvalue weighted by atomic mass is 9.62. The molecule has 0 saturated heterocycles. The smallest absolute Gasteiger partial charge is 0.318 e. The maximum atomic E-state index is 12.8. The van der Waals surface area contributed by atoms with E-state index in [4.69, 9.17) is 0 Å². The number of rotatable bonds is 7. The predicted octanol–water partition coefficient (Wildman–Crippen LogP) is 5.42. The minimum absolute atomic E-state index is 0.279. The zero-order valence-corrected chi connectivity index (χ0v) is 18.3. The standard InChI is InChI=1S/C26H32O4/c1-16(2)13-18-5-8-20(9-6-18)26(25(29)30)12-11-22(24(27)28)21-10-7-19(14-17(3)4)15-23(21)26/h5-10,15-17,22H,11-14H2,1-4H3,(H,27,28)(H,29,30)/t22-,26+/m1/s1. The second-order valence-electron chi connectivity index (χ2n) is 9.45. The average Bonchev–Trinajstić information content (AvgIpc) is 2.66. The molecule has 1 aliphatic carbocycles. The summed E-state index contributed by atoms with van der Waals surface area (Å²) < 4.78 is 0. The van der Waals surface area contributed by atoms with Crippen molar-refractivity contribution in [2.24, 2.45) is 11.8 Å². The molecule has 0 spiro atoms. The molecule has 160 valence electrons. The molecule has 0 bridgehead atoms. The van der Waals surface area contributed by atoms with Crippen LogP contribution in [-0.2, 0) is 27.8 Å². The van der Waals surface area contributed by atoms with Crippen molar-refractivity contribution < 1.29 is 19.8 Å². The fourth-order valence-electron chi connectivity index (χ4n) is 4.82. The lowest BCUT2D eigenvalue weighted by Crippen LogP contribution is -2.42. The van der Waals surface area contributed by atoms with E-state index in [0.717, 1.165) is 24.0 Å². The molecule has 0 fully saturated rings. The monoisotopic (exact) mass is 408 g/mol. The van der Waals surface area contributed by atoms with Crippen LogP contribution in [0.25, 0.3) is 0 Å². The Morgan fingerprint density at radius 1 is 0.933 bits per heavy atom. The van der Waals surface area contributed by atoms with E-state index < -0.39 is 23.3 Å². The first-order valence-electron chi connectivity index (χ1n) is 10.8. The Balaban J connectivity index is 2.18. The van der Waals surface area contributed by atoms with Gasteiger partial charge in [0.05, 0.1) is 5.92 Å². The van der Waals surface area contributed by atoms with Crippen molar-refractivity contribution in [1.82, 2.24) is 0 Å². The Hall–Kier alpha value is -2.62. The molecule has 30 heavy (non-hydrogen) atoms. The van der Waals surface area contributed by atoms with Gasteiger partial charge in [-0.05, 0) is 65.3 Å². The van der Waals surface area contributed by atoms with Crippen LogP contribution in [0.2, 0.25) is 0 Å². The van der Waals surface area contributed by atoms with Crippen LogP contribution < -0.4 is 0 Å². The molecule has 2 aromatic carbocycles. The number of fused-ring (bicyclic) bond motifs is 1. The Morgan fingerprint density at radius 2 is 1.50 bits per heavy atom. The molecule has 4 heteroatoms. The molecule has 0 heterocycles. The van der Waals surface area contributed by atoms with Crippen LogP contribution in [0.3, 0.4) is 0 Å². The number of carboxylic acids is 2. The summed E-state index contributed by atoms with van der Waals surface area (Å²) in [7, 11) is 0. The predicted molar refractivity (Wildman–Crippen MR) is 118 cm³/mol. The van der Waals surface area contributed by atoms with Gasteiger partial charge in [0.25, 0.3) is 0 Å². The number of carboxylic acid groups (broad SMARTS) is 2.